The number of fused-ring (bicyclic) bond motifs is 1. The summed E-state index contributed by atoms with van der Waals surface area (Å²) < 4.78 is 2.18. The molecule has 0 bridgehead atoms. The van der Waals surface area contributed by atoms with Gasteiger partial charge in [-0.25, -0.2) is 9.97 Å². The molecule has 3 aromatic rings. The summed E-state index contributed by atoms with van der Waals surface area (Å²) in [6.07, 6.45) is 0. The number of para-hydroxylation sites is 1. The number of aromatic nitrogens is 2. The van der Waals surface area contributed by atoms with Crippen molar-refractivity contribution >= 4 is 39.1 Å². The Balaban J connectivity index is 1.94. The van der Waals surface area contributed by atoms with Crippen LogP contribution in [0.3, 0.4) is 0 Å². The predicted octanol–water partition coefficient (Wildman–Crippen LogP) is 3.42. The number of thiazole rings is 1. The maximum Gasteiger partial charge on any atom is 0.157 e. The fourth-order valence-corrected chi connectivity index (χ4v) is 3.48. The van der Waals surface area contributed by atoms with Gasteiger partial charge < -0.3 is 5.73 Å². The Morgan fingerprint density at radius 3 is 2.71 bits per heavy atom. The lowest BCUT2D eigenvalue weighted by molar-refractivity contribution is 1.14. The number of hydrogen-bond donors (Lipinski definition) is 1. The Bertz CT molecular complexity index is 630. The number of pyridine rings is 1. The zero-order valence-corrected chi connectivity index (χ0v) is 10.5. The van der Waals surface area contributed by atoms with Crippen LogP contribution in [-0.2, 0) is 0 Å². The number of benzene rings is 1. The van der Waals surface area contributed by atoms with Crippen LogP contribution in [0.15, 0.2) is 51.8 Å². The van der Waals surface area contributed by atoms with E-state index < -0.39 is 0 Å². The summed E-state index contributed by atoms with van der Waals surface area (Å²) in [7, 11) is 0. The van der Waals surface area contributed by atoms with Gasteiger partial charge in [0.25, 0.3) is 0 Å². The quantitative estimate of drug-likeness (QED) is 0.766. The van der Waals surface area contributed by atoms with Crippen molar-refractivity contribution in [3.05, 3.63) is 42.5 Å². The first kappa shape index (κ1) is 10.6. The van der Waals surface area contributed by atoms with Gasteiger partial charge in [-0.15, -0.1) is 11.3 Å². The van der Waals surface area contributed by atoms with Crippen molar-refractivity contribution in [2.45, 2.75) is 9.37 Å². The van der Waals surface area contributed by atoms with Gasteiger partial charge in [0.15, 0.2) is 4.34 Å². The molecule has 1 aromatic carbocycles. The van der Waals surface area contributed by atoms with Crippen LogP contribution in [0.25, 0.3) is 10.2 Å². The van der Waals surface area contributed by atoms with Crippen LogP contribution in [0.1, 0.15) is 0 Å². The van der Waals surface area contributed by atoms with Gasteiger partial charge in [-0.1, -0.05) is 18.2 Å². The molecule has 0 spiro atoms. The highest BCUT2D eigenvalue weighted by atomic mass is 32.2. The van der Waals surface area contributed by atoms with E-state index in [2.05, 4.69) is 16.0 Å². The average Bonchev–Trinajstić information content (AvgIpc) is 2.71. The molecule has 3 nitrogen and oxygen atoms in total. The Morgan fingerprint density at radius 2 is 1.88 bits per heavy atom. The number of hydrogen-bond acceptors (Lipinski definition) is 5. The van der Waals surface area contributed by atoms with Crippen LogP contribution in [0, 0.1) is 0 Å². The zero-order valence-electron chi connectivity index (χ0n) is 8.83. The molecule has 0 aliphatic heterocycles. The minimum absolute atomic E-state index is 0.538. The zero-order chi connectivity index (χ0) is 11.7. The fourth-order valence-electron chi connectivity index (χ4n) is 1.47. The maximum atomic E-state index is 5.65. The van der Waals surface area contributed by atoms with Gasteiger partial charge in [-0.2, -0.15) is 0 Å². The van der Waals surface area contributed by atoms with E-state index in [1.54, 1.807) is 29.2 Å². The van der Waals surface area contributed by atoms with Crippen LogP contribution in [0.4, 0.5) is 5.82 Å². The standard InChI is InChI=1S/C12H9N3S2/c13-10-6-3-7-11(15-10)17-12-14-8-4-1-2-5-9(8)16-12/h1-7H,(H2,13,15). The minimum Gasteiger partial charge on any atom is -0.384 e. The Labute approximate surface area is 107 Å². The molecule has 2 N–H and O–H groups in total. The van der Waals surface area contributed by atoms with Crippen molar-refractivity contribution in [1.29, 1.82) is 0 Å². The van der Waals surface area contributed by atoms with Crippen LogP contribution in [-0.4, -0.2) is 9.97 Å². The van der Waals surface area contributed by atoms with Crippen molar-refractivity contribution in [3.8, 4) is 0 Å². The third-order valence-corrected chi connectivity index (χ3v) is 4.24. The van der Waals surface area contributed by atoms with E-state index in [-0.39, 0.29) is 0 Å². The molecule has 0 amide bonds. The highest BCUT2D eigenvalue weighted by molar-refractivity contribution is 8.01. The third-order valence-electron chi connectivity index (χ3n) is 2.21. The summed E-state index contributed by atoms with van der Waals surface area (Å²) in [5.41, 5.74) is 6.68. The van der Waals surface area contributed by atoms with Gasteiger partial charge in [0.2, 0.25) is 0 Å². The first-order valence-electron chi connectivity index (χ1n) is 5.07. The summed E-state index contributed by atoms with van der Waals surface area (Å²) in [6.45, 7) is 0. The van der Waals surface area contributed by atoms with Crippen LogP contribution >= 0.6 is 23.1 Å². The normalized spacial score (nSPS) is 10.8. The van der Waals surface area contributed by atoms with Crippen molar-refractivity contribution in [3.63, 3.8) is 0 Å². The molecule has 0 aliphatic carbocycles. The minimum atomic E-state index is 0.538. The van der Waals surface area contributed by atoms with Gasteiger partial charge in [-0.3, -0.25) is 0 Å². The van der Waals surface area contributed by atoms with E-state index >= 15 is 0 Å². The average molecular weight is 259 g/mol. The molecule has 5 heteroatoms. The van der Waals surface area contributed by atoms with Crippen molar-refractivity contribution in [2.24, 2.45) is 0 Å². The molecule has 84 valence electrons. The van der Waals surface area contributed by atoms with Crippen molar-refractivity contribution in [2.75, 3.05) is 5.73 Å². The highest BCUT2D eigenvalue weighted by Gasteiger charge is 2.05. The molecule has 0 aliphatic rings. The number of anilines is 1. The second-order valence-corrected chi connectivity index (χ2v) is 5.75. The molecule has 0 saturated carbocycles. The summed E-state index contributed by atoms with van der Waals surface area (Å²) in [6, 6.07) is 13.7. The molecule has 0 atom stereocenters. The Hall–Kier alpha value is -1.59. The van der Waals surface area contributed by atoms with Crippen LogP contribution in [0.5, 0.6) is 0 Å². The van der Waals surface area contributed by atoms with E-state index in [1.165, 1.54) is 4.70 Å². The van der Waals surface area contributed by atoms with E-state index in [0.717, 1.165) is 14.9 Å². The first-order valence-corrected chi connectivity index (χ1v) is 6.70. The fraction of sp³-hybridized carbons (Fsp3) is 0. The first-order chi connectivity index (χ1) is 8.31. The molecule has 0 saturated heterocycles. The molecular formula is C12H9N3S2. The van der Waals surface area contributed by atoms with E-state index in [1.807, 2.05) is 30.3 Å². The number of nitrogen functional groups attached to an aromatic ring is 1. The van der Waals surface area contributed by atoms with Crippen molar-refractivity contribution < 1.29 is 0 Å². The second kappa shape index (κ2) is 4.35. The third kappa shape index (κ3) is 2.25. The van der Waals surface area contributed by atoms with Gasteiger partial charge >= 0.3 is 0 Å². The summed E-state index contributed by atoms with van der Waals surface area (Å²) >= 11 is 3.21. The summed E-state index contributed by atoms with van der Waals surface area (Å²) in [5.74, 6) is 0.538. The molecule has 0 radical (unpaired) electrons. The lowest BCUT2D eigenvalue weighted by Gasteiger charge is -1.96. The van der Waals surface area contributed by atoms with Crippen molar-refractivity contribution in [1.82, 2.24) is 9.97 Å². The van der Waals surface area contributed by atoms with E-state index in [9.17, 15) is 0 Å². The number of nitrogens with two attached hydrogens (primary N) is 1. The lowest BCUT2D eigenvalue weighted by Crippen LogP contribution is -1.89. The van der Waals surface area contributed by atoms with Gasteiger partial charge in [0.1, 0.15) is 10.8 Å². The Morgan fingerprint density at radius 1 is 1.00 bits per heavy atom. The molecule has 17 heavy (non-hydrogen) atoms. The van der Waals surface area contributed by atoms with Crippen LogP contribution in [0.2, 0.25) is 0 Å². The number of rotatable bonds is 2. The van der Waals surface area contributed by atoms with E-state index in [0.29, 0.717) is 5.82 Å². The molecule has 2 heterocycles. The Kier molecular flexibility index (Phi) is 2.70. The molecular weight excluding hydrogens is 250 g/mol. The summed E-state index contributed by atoms with van der Waals surface area (Å²) in [4.78, 5) is 8.78. The maximum absolute atomic E-state index is 5.65. The largest absolute Gasteiger partial charge is 0.384 e. The molecule has 0 fully saturated rings. The monoisotopic (exact) mass is 259 g/mol. The topological polar surface area (TPSA) is 51.8 Å². The van der Waals surface area contributed by atoms with Gasteiger partial charge in [0, 0.05) is 0 Å². The molecule has 0 unspecified atom stereocenters. The van der Waals surface area contributed by atoms with Gasteiger partial charge in [0.05, 0.1) is 10.2 Å². The second-order valence-electron chi connectivity index (χ2n) is 3.45. The number of nitrogens with zero attached hydrogens (tertiary/aromatic N) is 2. The smallest absolute Gasteiger partial charge is 0.157 e. The summed E-state index contributed by atoms with van der Waals surface area (Å²) in [5, 5.41) is 0.879. The van der Waals surface area contributed by atoms with E-state index in [4.69, 9.17) is 5.73 Å². The molecule has 2 aromatic heterocycles. The van der Waals surface area contributed by atoms with Crippen LogP contribution < -0.4 is 5.73 Å². The highest BCUT2D eigenvalue weighted by Crippen LogP contribution is 2.33. The van der Waals surface area contributed by atoms with Gasteiger partial charge in [-0.05, 0) is 36.0 Å². The lowest BCUT2D eigenvalue weighted by atomic mass is 10.3. The predicted molar refractivity (Wildman–Crippen MR) is 72.4 cm³/mol. The molecule has 3 rings (SSSR count). The SMILES string of the molecule is Nc1cccc(Sc2nc3ccccc3s2)n1.